The number of hydrogen-bond acceptors (Lipinski definition) is 4. The fraction of sp³-hybridized carbons (Fsp3) is 0.562. The quantitative estimate of drug-likeness (QED) is 0.783. The van der Waals surface area contributed by atoms with E-state index in [2.05, 4.69) is 0 Å². The number of halogens is 1. The van der Waals surface area contributed by atoms with Crippen molar-refractivity contribution in [2.24, 2.45) is 0 Å². The zero-order valence-electron chi connectivity index (χ0n) is 13.4. The van der Waals surface area contributed by atoms with Gasteiger partial charge < -0.3 is 9.64 Å². The SMILES string of the molecule is CCCN(C(=O)C(C)Oc1cccc(Cl)c1)C1CCS(=O)(=O)C1. The third kappa shape index (κ3) is 4.85. The molecule has 0 bridgehead atoms. The maximum atomic E-state index is 12.7. The first kappa shape index (κ1) is 18.1. The molecule has 1 aliphatic rings. The van der Waals surface area contributed by atoms with Crippen molar-refractivity contribution in [2.75, 3.05) is 18.1 Å². The number of carbonyl (C=O) groups excluding carboxylic acids is 1. The topological polar surface area (TPSA) is 63.7 Å². The van der Waals surface area contributed by atoms with Crippen LogP contribution in [0.1, 0.15) is 26.7 Å². The van der Waals surface area contributed by atoms with E-state index >= 15 is 0 Å². The fourth-order valence-corrected chi connectivity index (χ4v) is 4.67. The molecule has 2 atom stereocenters. The van der Waals surface area contributed by atoms with Gasteiger partial charge in [0.15, 0.2) is 15.9 Å². The van der Waals surface area contributed by atoms with Crippen molar-refractivity contribution in [3.05, 3.63) is 29.3 Å². The molecule has 5 nitrogen and oxygen atoms in total. The monoisotopic (exact) mass is 359 g/mol. The van der Waals surface area contributed by atoms with Gasteiger partial charge in [0.2, 0.25) is 0 Å². The van der Waals surface area contributed by atoms with Crippen LogP contribution < -0.4 is 4.74 Å². The molecule has 1 aromatic carbocycles. The Hall–Kier alpha value is -1.27. The molecule has 0 spiro atoms. The lowest BCUT2D eigenvalue weighted by molar-refractivity contribution is -0.139. The van der Waals surface area contributed by atoms with Crippen LogP contribution in [-0.2, 0) is 14.6 Å². The van der Waals surface area contributed by atoms with Crippen molar-refractivity contribution in [1.82, 2.24) is 4.90 Å². The van der Waals surface area contributed by atoms with Crippen LogP contribution in [0.25, 0.3) is 0 Å². The number of benzene rings is 1. The van der Waals surface area contributed by atoms with E-state index in [1.54, 1.807) is 36.1 Å². The lowest BCUT2D eigenvalue weighted by Crippen LogP contribution is -2.47. The molecule has 23 heavy (non-hydrogen) atoms. The van der Waals surface area contributed by atoms with Crippen LogP contribution in [0.4, 0.5) is 0 Å². The Kier molecular flexibility index (Phi) is 5.92. The summed E-state index contributed by atoms with van der Waals surface area (Å²) in [5.74, 6) is 0.528. The molecule has 1 fully saturated rings. The summed E-state index contributed by atoms with van der Waals surface area (Å²) < 4.78 is 29.0. The molecule has 2 rings (SSSR count). The van der Waals surface area contributed by atoms with E-state index in [4.69, 9.17) is 16.3 Å². The van der Waals surface area contributed by atoms with Crippen molar-refractivity contribution < 1.29 is 17.9 Å². The van der Waals surface area contributed by atoms with Crippen LogP contribution in [0.3, 0.4) is 0 Å². The van der Waals surface area contributed by atoms with Crippen LogP contribution in [0, 0.1) is 0 Å². The molecule has 0 radical (unpaired) electrons. The van der Waals surface area contributed by atoms with Crippen molar-refractivity contribution in [3.63, 3.8) is 0 Å². The molecule has 7 heteroatoms. The molecule has 0 N–H and O–H groups in total. The Morgan fingerprint density at radius 3 is 2.78 bits per heavy atom. The highest BCUT2D eigenvalue weighted by Crippen LogP contribution is 2.22. The fourth-order valence-electron chi connectivity index (χ4n) is 2.76. The average Bonchev–Trinajstić information content (AvgIpc) is 2.84. The molecule has 1 heterocycles. The molecular weight excluding hydrogens is 338 g/mol. The molecule has 1 amide bonds. The van der Waals surface area contributed by atoms with Gasteiger partial charge in [-0.2, -0.15) is 0 Å². The van der Waals surface area contributed by atoms with E-state index in [9.17, 15) is 13.2 Å². The Morgan fingerprint density at radius 2 is 2.22 bits per heavy atom. The Labute approximate surface area is 142 Å². The Bertz CT molecular complexity index is 662. The standard InChI is InChI=1S/C16H22ClNO4S/c1-3-8-18(14-7-9-23(20,21)11-14)16(19)12(2)22-15-6-4-5-13(17)10-15/h4-6,10,12,14H,3,7-9,11H2,1-2H3. The first-order valence-corrected chi connectivity index (χ1v) is 9.95. The van der Waals surface area contributed by atoms with Gasteiger partial charge in [-0.15, -0.1) is 0 Å². The lowest BCUT2D eigenvalue weighted by atomic mass is 10.2. The minimum absolute atomic E-state index is 0.0443. The summed E-state index contributed by atoms with van der Waals surface area (Å²) in [6, 6.07) is 6.61. The highest BCUT2D eigenvalue weighted by atomic mass is 35.5. The number of sulfone groups is 1. The second kappa shape index (κ2) is 7.53. The molecule has 1 saturated heterocycles. The second-order valence-electron chi connectivity index (χ2n) is 5.81. The minimum Gasteiger partial charge on any atom is -0.481 e. The third-order valence-corrected chi connectivity index (χ3v) is 5.84. The molecule has 0 saturated carbocycles. The van der Waals surface area contributed by atoms with Crippen LogP contribution in [-0.4, -0.2) is 49.4 Å². The molecule has 0 aliphatic carbocycles. The van der Waals surface area contributed by atoms with Crippen LogP contribution >= 0.6 is 11.6 Å². The summed E-state index contributed by atoms with van der Waals surface area (Å²) in [6.45, 7) is 4.17. The number of amides is 1. The molecule has 1 aromatic rings. The molecular formula is C16H22ClNO4S. The van der Waals surface area contributed by atoms with E-state index in [1.165, 1.54) is 0 Å². The largest absolute Gasteiger partial charge is 0.481 e. The van der Waals surface area contributed by atoms with E-state index < -0.39 is 15.9 Å². The van der Waals surface area contributed by atoms with Gasteiger partial charge in [0.25, 0.3) is 5.91 Å². The maximum Gasteiger partial charge on any atom is 0.263 e. The third-order valence-electron chi connectivity index (χ3n) is 3.85. The van der Waals surface area contributed by atoms with Gasteiger partial charge in [0.1, 0.15) is 5.75 Å². The summed E-state index contributed by atoms with van der Waals surface area (Å²) >= 11 is 5.91. The normalized spacial score (nSPS) is 20.9. The Morgan fingerprint density at radius 1 is 1.48 bits per heavy atom. The zero-order chi connectivity index (χ0) is 17.0. The van der Waals surface area contributed by atoms with E-state index in [0.717, 1.165) is 6.42 Å². The number of rotatable bonds is 6. The van der Waals surface area contributed by atoms with E-state index in [0.29, 0.717) is 23.7 Å². The van der Waals surface area contributed by atoms with Gasteiger partial charge in [-0.1, -0.05) is 24.6 Å². The molecule has 128 valence electrons. The van der Waals surface area contributed by atoms with Crippen molar-refractivity contribution >= 4 is 27.3 Å². The van der Waals surface area contributed by atoms with E-state index in [1.807, 2.05) is 6.92 Å². The van der Waals surface area contributed by atoms with Gasteiger partial charge in [0, 0.05) is 17.6 Å². The van der Waals surface area contributed by atoms with Gasteiger partial charge in [0.05, 0.1) is 11.5 Å². The van der Waals surface area contributed by atoms with Crippen molar-refractivity contribution in [3.8, 4) is 5.75 Å². The number of hydrogen-bond donors (Lipinski definition) is 0. The molecule has 0 aromatic heterocycles. The first-order chi connectivity index (χ1) is 10.8. The van der Waals surface area contributed by atoms with Gasteiger partial charge >= 0.3 is 0 Å². The van der Waals surface area contributed by atoms with E-state index in [-0.39, 0.29) is 23.5 Å². The second-order valence-corrected chi connectivity index (χ2v) is 8.47. The summed E-state index contributed by atoms with van der Waals surface area (Å²) in [7, 11) is -3.03. The number of nitrogens with zero attached hydrogens (tertiary/aromatic N) is 1. The van der Waals surface area contributed by atoms with Crippen molar-refractivity contribution in [1.29, 1.82) is 0 Å². The zero-order valence-corrected chi connectivity index (χ0v) is 14.9. The predicted octanol–water partition coefficient (Wildman–Crippen LogP) is 2.53. The van der Waals surface area contributed by atoms with Gasteiger partial charge in [-0.3, -0.25) is 4.79 Å². The van der Waals surface area contributed by atoms with Crippen LogP contribution in [0.2, 0.25) is 5.02 Å². The summed E-state index contributed by atoms with van der Waals surface area (Å²) in [5, 5.41) is 0.537. The number of carbonyl (C=O) groups is 1. The van der Waals surface area contributed by atoms with Crippen LogP contribution in [0.5, 0.6) is 5.75 Å². The highest BCUT2D eigenvalue weighted by Gasteiger charge is 2.36. The summed E-state index contributed by atoms with van der Waals surface area (Å²) in [6.07, 6.45) is 0.577. The summed E-state index contributed by atoms with van der Waals surface area (Å²) in [4.78, 5) is 14.3. The predicted molar refractivity (Wildman–Crippen MR) is 90.6 cm³/mol. The number of ether oxygens (including phenoxy) is 1. The lowest BCUT2D eigenvalue weighted by Gasteiger charge is -2.30. The first-order valence-electron chi connectivity index (χ1n) is 7.75. The Balaban J connectivity index is 2.08. The molecule has 2 unspecified atom stereocenters. The smallest absolute Gasteiger partial charge is 0.263 e. The minimum atomic E-state index is -3.03. The molecule has 1 aliphatic heterocycles. The van der Waals surface area contributed by atoms with Gasteiger partial charge in [-0.05, 0) is 38.0 Å². The average molecular weight is 360 g/mol. The van der Waals surface area contributed by atoms with Crippen LogP contribution in [0.15, 0.2) is 24.3 Å². The summed E-state index contributed by atoms with van der Waals surface area (Å²) in [5.41, 5.74) is 0. The maximum absolute atomic E-state index is 12.7. The van der Waals surface area contributed by atoms with Crippen molar-refractivity contribution in [2.45, 2.75) is 38.8 Å². The highest BCUT2D eigenvalue weighted by molar-refractivity contribution is 7.91. The van der Waals surface area contributed by atoms with Gasteiger partial charge in [-0.25, -0.2) is 8.42 Å².